The Bertz CT molecular complexity index is 350. The summed E-state index contributed by atoms with van der Waals surface area (Å²) in [5.74, 6) is 0.525. The lowest BCUT2D eigenvalue weighted by Crippen LogP contribution is -2.69. The molecule has 0 radical (unpaired) electrons. The summed E-state index contributed by atoms with van der Waals surface area (Å²) < 4.78 is 5.30. The summed E-state index contributed by atoms with van der Waals surface area (Å²) in [7, 11) is 0. The molecule has 1 heterocycles. The second kappa shape index (κ2) is 3.72. The van der Waals surface area contributed by atoms with E-state index in [1.54, 1.807) is 4.90 Å². The molecule has 1 atom stereocenters. The van der Waals surface area contributed by atoms with E-state index in [-0.39, 0.29) is 17.4 Å². The molecule has 4 heteroatoms. The second-order valence-electron chi connectivity index (χ2n) is 6.30. The number of likely N-dealkylation sites (tertiary alicyclic amines) is 1. The fraction of sp³-hybridized carbons (Fsp3) is 0.846. The van der Waals surface area contributed by atoms with Crippen LogP contribution in [-0.2, 0) is 9.53 Å². The molecule has 0 N–H and O–H groups in total. The normalized spacial score (nSPS) is 26.5. The molecular formula is C13H21NO3. The molecule has 2 fully saturated rings. The molecule has 0 bridgehead atoms. The van der Waals surface area contributed by atoms with Crippen molar-refractivity contribution in [2.75, 3.05) is 13.1 Å². The number of amides is 1. The minimum Gasteiger partial charge on any atom is -0.444 e. The molecule has 1 saturated carbocycles. The maximum atomic E-state index is 11.8. The largest absolute Gasteiger partial charge is 0.444 e. The lowest BCUT2D eigenvalue weighted by molar-refractivity contribution is -0.160. The molecule has 1 amide bonds. The van der Waals surface area contributed by atoms with E-state index in [1.807, 2.05) is 27.7 Å². The van der Waals surface area contributed by atoms with Crippen molar-refractivity contribution in [3.8, 4) is 0 Å². The third kappa shape index (κ3) is 2.05. The van der Waals surface area contributed by atoms with Crippen molar-refractivity contribution in [3.05, 3.63) is 0 Å². The van der Waals surface area contributed by atoms with E-state index in [9.17, 15) is 9.59 Å². The van der Waals surface area contributed by atoms with Crippen LogP contribution in [0, 0.1) is 11.3 Å². The Morgan fingerprint density at radius 2 is 2.06 bits per heavy atom. The van der Waals surface area contributed by atoms with Crippen molar-refractivity contribution in [2.45, 2.75) is 46.1 Å². The maximum absolute atomic E-state index is 11.8. The van der Waals surface area contributed by atoms with Gasteiger partial charge in [0.15, 0.2) is 0 Å². The molecule has 2 rings (SSSR count). The van der Waals surface area contributed by atoms with Crippen molar-refractivity contribution in [2.24, 2.45) is 11.3 Å². The molecule has 0 aromatic heterocycles. The first-order valence-corrected chi connectivity index (χ1v) is 6.28. The molecule has 4 nitrogen and oxygen atoms in total. The Labute approximate surface area is 102 Å². The number of hydrogen-bond donors (Lipinski definition) is 0. The number of Topliss-reactive ketones (excluding diaryl/α,β-unsaturated/α-hetero) is 1. The zero-order chi connectivity index (χ0) is 12.8. The van der Waals surface area contributed by atoms with E-state index >= 15 is 0 Å². The first-order valence-electron chi connectivity index (χ1n) is 6.28. The highest BCUT2D eigenvalue weighted by Gasteiger charge is 2.60. The van der Waals surface area contributed by atoms with E-state index in [2.05, 4.69) is 0 Å². The van der Waals surface area contributed by atoms with Gasteiger partial charge >= 0.3 is 6.09 Å². The van der Waals surface area contributed by atoms with Gasteiger partial charge in [-0.1, -0.05) is 6.92 Å². The van der Waals surface area contributed by atoms with Crippen LogP contribution in [0.25, 0.3) is 0 Å². The highest BCUT2D eigenvalue weighted by atomic mass is 16.6. The summed E-state index contributed by atoms with van der Waals surface area (Å²) in [5, 5.41) is 0. The molecular weight excluding hydrogens is 218 g/mol. The highest BCUT2D eigenvalue weighted by molar-refractivity contribution is 5.90. The van der Waals surface area contributed by atoms with E-state index in [0.29, 0.717) is 25.3 Å². The summed E-state index contributed by atoms with van der Waals surface area (Å²) in [6.45, 7) is 9.00. The summed E-state index contributed by atoms with van der Waals surface area (Å²) in [6.07, 6.45) is 1.28. The average Bonchev–Trinajstić information content (AvgIpc) is 2.07. The lowest BCUT2D eigenvalue weighted by atomic mass is 9.54. The Balaban J connectivity index is 1.87. The first-order chi connectivity index (χ1) is 7.77. The van der Waals surface area contributed by atoms with Crippen LogP contribution in [0.1, 0.15) is 40.5 Å². The van der Waals surface area contributed by atoms with Crippen LogP contribution < -0.4 is 0 Å². The average molecular weight is 239 g/mol. The molecule has 0 aromatic carbocycles. The van der Waals surface area contributed by atoms with Gasteiger partial charge in [0.2, 0.25) is 0 Å². The number of ketones is 1. The van der Waals surface area contributed by atoms with Gasteiger partial charge in [-0.25, -0.2) is 4.79 Å². The van der Waals surface area contributed by atoms with Crippen LogP contribution in [0.3, 0.4) is 0 Å². The van der Waals surface area contributed by atoms with Crippen LogP contribution in [0.2, 0.25) is 0 Å². The quantitative estimate of drug-likeness (QED) is 0.705. The summed E-state index contributed by atoms with van der Waals surface area (Å²) >= 11 is 0. The number of carbonyl (C=O) groups is 2. The van der Waals surface area contributed by atoms with Crippen LogP contribution in [0.4, 0.5) is 4.79 Å². The summed E-state index contributed by atoms with van der Waals surface area (Å²) in [4.78, 5) is 24.9. The molecule has 1 spiro atoms. The van der Waals surface area contributed by atoms with Gasteiger partial charge in [0, 0.05) is 30.8 Å². The maximum Gasteiger partial charge on any atom is 0.410 e. The minimum atomic E-state index is -0.445. The topological polar surface area (TPSA) is 46.6 Å². The van der Waals surface area contributed by atoms with Crippen LogP contribution in [0.5, 0.6) is 0 Å². The van der Waals surface area contributed by atoms with E-state index in [1.165, 1.54) is 0 Å². The Hall–Kier alpha value is -1.06. The third-order valence-corrected chi connectivity index (χ3v) is 3.73. The van der Waals surface area contributed by atoms with Crippen molar-refractivity contribution in [3.63, 3.8) is 0 Å². The molecule has 2 aliphatic rings. The van der Waals surface area contributed by atoms with E-state index in [4.69, 9.17) is 4.74 Å². The van der Waals surface area contributed by atoms with Gasteiger partial charge in [0.05, 0.1) is 0 Å². The molecule has 0 aromatic rings. The molecule has 1 aliphatic carbocycles. The van der Waals surface area contributed by atoms with Gasteiger partial charge in [0.1, 0.15) is 11.4 Å². The Morgan fingerprint density at radius 1 is 1.47 bits per heavy atom. The molecule has 17 heavy (non-hydrogen) atoms. The summed E-state index contributed by atoms with van der Waals surface area (Å²) in [5.41, 5.74) is -0.359. The summed E-state index contributed by atoms with van der Waals surface area (Å²) in [6, 6.07) is 0. The highest BCUT2D eigenvalue weighted by Crippen LogP contribution is 2.52. The van der Waals surface area contributed by atoms with Crippen molar-refractivity contribution in [1.29, 1.82) is 0 Å². The first kappa shape index (κ1) is 12.4. The Morgan fingerprint density at radius 3 is 2.47 bits per heavy atom. The molecule has 1 aliphatic heterocycles. The van der Waals surface area contributed by atoms with Gasteiger partial charge in [-0.15, -0.1) is 0 Å². The van der Waals surface area contributed by atoms with Crippen molar-refractivity contribution >= 4 is 11.9 Å². The lowest BCUT2D eigenvalue weighted by Gasteiger charge is -2.59. The minimum absolute atomic E-state index is 0.0860. The predicted molar refractivity (Wildman–Crippen MR) is 63.6 cm³/mol. The van der Waals surface area contributed by atoms with E-state index < -0.39 is 5.60 Å². The van der Waals surface area contributed by atoms with Crippen molar-refractivity contribution in [1.82, 2.24) is 4.90 Å². The number of ether oxygens (including phenoxy) is 1. The van der Waals surface area contributed by atoms with Gasteiger partial charge in [-0.05, 0) is 27.2 Å². The van der Waals surface area contributed by atoms with Crippen LogP contribution >= 0.6 is 0 Å². The van der Waals surface area contributed by atoms with Gasteiger partial charge < -0.3 is 9.64 Å². The van der Waals surface area contributed by atoms with Gasteiger partial charge in [-0.3, -0.25) is 4.79 Å². The second-order valence-corrected chi connectivity index (χ2v) is 6.30. The molecule has 1 saturated heterocycles. The van der Waals surface area contributed by atoms with Gasteiger partial charge in [0.25, 0.3) is 0 Å². The number of carbonyl (C=O) groups excluding carboxylic acids is 2. The number of hydrogen-bond acceptors (Lipinski definition) is 3. The standard InChI is InChI=1S/C13H21NO3/c1-5-9-10(15)6-13(9)7-14(8-13)11(16)17-12(2,3)4/h9H,5-8H2,1-4H3. The fourth-order valence-electron chi connectivity index (χ4n) is 2.97. The predicted octanol–water partition coefficient (Wildman–Crippen LogP) is 2.22. The van der Waals surface area contributed by atoms with Crippen LogP contribution in [-0.4, -0.2) is 35.5 Å². The van der Waals surface area contributed by atoms with E-state index in [0.717, 1.165) is 6.42 Å². The molecule has 1 unspecified atom stereocenters. The van der Waals surface area contributed by atoms with Gasteiger partial charge in [-0.2, -0.15) is 0 Å². The molecule has 96 valence electrons. The zero-order valence-electron chi connectivity index (χ0n) is 11.1. The fourth-order valence-corrected chi connectivity index (χ4v) is 2.97. The smallest absolute Gasteiger partial charge is 0.410 e. The zero-order valence-corrected chi connectivity index (χ0v) is 11.1. The number of rotatable bonds is 1. The van der Waals surface area contributed by atoms with Crippen molar-refractivity contribution < 1.29 is 14.3 Å². The third-order valence-electron chi connectivity index (χ3n) is 3.73. The van der Waals surface area contributed by atoms with Crippen LogP contribution in [0.15, 0.2) is 0 Å². The monoisotopic (exact) mass is 239 g/mol. The number of nitrogens with zero attached hydrogens (tertiary/aromatic N) is 1. The SMILES string of the molecule is CCC1C(=O)CC12CN(C(=O)OC(C)(C)C)C2. The Kier molecular flexibility index (Phi) is 2.71.